The van der Waals surface area contributed by atoms with Crippen molar-refractivity contribution in [2.24, 2.45) is 0 Å². The van der Waals surface area contributed by atoms with E-state index in [9.17, 15) is 0 Å². The van der Waals surface area contributed by atoms with Gasteiger partial charge in [0.05, 0.1) is 0 Å². The molecule has 1 atom stereocenters. The van der Waals surface area contributed by atoms with Gasteiger partial charge in [0.25, 0.3) is 0 Å². The maximum atomic E-state index is 2.27. The second-order valence-electron chi connectivity index (χ2n) is 3.12. The zero-order chi connectivity index (χ0) is 7.66. The van der Waals surface area contributed by atoms with Crippen molar-refractivity contribution in [1.29, 1.82) is 0 Å². The summed E-state index contributed by atoms with van der Waals surface area (Å²) in [6.07, 6.45) is 11.5. The Balaban J connectivity index is 0. The van der Waals surface area contributed by atoms with Crippen molar-refractivity contribution in [2.45, 2.75) is 65.2 Å². The van der Waals surface area contributed by atoms with Gasteiger partial charge >= 0.3 is 0 Å². The summed E-state index contributed by atoms with van der Waals surface area (Å²) >= 11 is 0. The van der Waals surface area contributed by atoms with Crippen molar-refractivity contribution >= 4 is 9.90 Å². The van der Waals surface area contributed by atoms with Crippen molar-refractivity contribution < 1.29 is 0 Å². The monoisotopic (exact) mass is 176 g/mol. The average molecular weight is 176 g/mol. The molecular formula is C10H25P. The highest BCUT2D eigenvalue weighted by Crippen LogP contribution is 2.07. The number of hydrogen-bond donors (Lipinski definition) is 0. The highest BCUT2D eigenvalue weighted by molar-refractivity contribution is 6.92. The van der Waals surface area contributed by atoms with E-state index in [1.54, 1.807) is 0 Å². The van der Waals surface area contributed by atoms with E-state index >= 15 is 0 Å². The molecule has 0 amide bonds. The lowest BCUT2D eigenvalue weighted by Crippen LogP contribution is -1.77. The fourth-order valence-corrected chi connectivity index (χ4v) is 1.21. The molecule has 0 aliphatic heterocycles. The SMILES string of the molecule is CCCCCCCCCC.P. The molecule has 0 aromatic rings. The van der Waals surface area contributed by atoms with Crippen LogP contribution in [0.5, 0.6) is 0 Å². The molecule has 0 saturated heterocycles. The Morgan fingerprint density at radius 3 is 1.09 bits per heavy atom. The molecule has 11 heavy (non-hydrogen) atoms. The first-order valence-corrected chi connectivity index (χ1v) is 4.91. The molecule has 1 unspecified atom stereocenters. The summed E-state index contributed by atoms with van der Waals surface area (Å²) in [5.41, 5.74) is 0. The summed E-state index contributed by atoms with van der Waals surface area (Å²) in [5, 5.41) is 0. The summed E-state index contributed by atoms with van der Waals surface area (Å²) in [4.78, 5) is 0. The zero-order valence-corrected chi connectivity index (χ0v) is 9.78. The van der Waals surface area contributed by atoms with E-state index < -0.39 is 0 Å². The molecule has 0 nitrogen and oxygen atoms in total. The minimum absolute atomic E-state index is 0. The highest BCUT2D eigenvalue weighted by Gasteiger charge is 1.87. The van der Waals surface area contributed by atoms with E-state index in [4.69, 9.17) is 0 Å². The van der Waals surface area contributed by atoms with Crippen LogP contribution in [0.2, 0.25) is 0 Å². The first kappa shape index (κ1) is 14.0. The normalized spacial score (nSPS) is 9.27. The maximum absolute atomic E-state index is 2.27. The van der Waals surface area contributed by atoms with Crippen molar-refractivity contribution in [2.75, 3.05) is 0 Å². The molecule has 70 valence electrons. The van der Waals surface area contributed by atoms with Gasteiger partial charge in [0, 0.05) is 0 Å². The van der Waals surface area contributed by atoms with Gasteiger partial charge in [-0.2, -0.15) is 9.90 Å². The van der Waals surface area contributed by atoms with Crippen LogP contribution < -0.4 is 0 Å². The Labute approximate surface area is 75.8 Å². The van der Waals surface area contributed by atoms with Gasteiger partial charge in [0.2, 0.25) is 0 Å². The zero-order valence-electron chi connectivity index (χ0n) is 8.36. The molecule has 0 saturated carbocycles. The fraction of sp³-hybridized carbons (Fsp3) is 1.00. The van der Waals surface area contributed by atoms with Crippen LogP contribution in [0.25, 0.3) is 0 Å². The molecule has 0 aliphatic rings. The van der Waals surface area contributed by atoms with Crippen LogP contribution in [0.4, 0.5) is 0 Å². The average Bonchev–Trinajstić information content (AvgIpc) is 1.97. The van der Waals surface area contributed by atoms with E-state index in [1.807, 2.05) is 0 Å². The molecule has 0 radical (unpaired) electrons. The molecule has 0 N–H and O–H groups in total. The second-order valence-corrected chi connectivity index (χ2v) is 3.12. The molecule has 0 aliphatic carbocycles. The summed E-state index contributed by atoms with van der Waals surface area (Å²) in [6.45, 7) is 4.54. The third kappa shape index (κ3) is 13.4. The smallest absolute Gasteiger partial charge is 0.0533 e. The highest BCUT2D eigenvalue weighted by atomic mass is 31.0. The van der Waals surface area contributed by atoms with Crippen molar-refractivity contribution in [3.05, 3.63) is 0 Å². The molecular weight excluding hydrogens is 151 g/mol. The van der Waals surface area contributed by atoms with Gasteiger partial charge in [-0.3, -0.25) is 0 Å². The van der Waals surface area contributed by atoms with E-state index in [1.165, 1.54) is 51.4 Å². The Morgan fingerprint density at radius 2 is 0.818 bits per heavy atom. The molecule has 0 heterocycles. The van der Waals surface area contributed by atoms with Gasteiger partial charge in [-0.15, -0.1) is 0 Å². The van der Waals surface area contributed by atoms with Gasteiger partial charge < -0.3 is 0 Å². The number of rotatable bonds is 7. The number of hydrogen-bond acceptors (Lipinski definition) is 0. The van der Waals surface area contributed by atoms with Crippen LogP contribution >= 0.6 is 9.90 Å². The minimum atomic E-state index is 0. The standard InChI is InChI=1S/C10H22.H3P/c1-3-5-7-9-10-8-6-4-2;/h3-10H2,1-2H3;1H3. The predicted molar refractivity (Wildman–Crippen MR) is 59.4 cm³/mol. The Morgan fingerprint density at radius 1 is 0.545 bits per heavy atom. The van der Waals surface area contributed by atoms with Gasteiger partial charge in [-0.25, -0.2) is 0 Å². The Bertz CT molecular complexity index is 44.8. The van der Waals surface area contributed by atoms with Crippen LogP contribution in [-0.2, 0) is 0 Å². The predicted octanol–water partition coefficient (Wildman–Crippen LogP) is 4.21. The lowest BCUT2D eigenvalue weighted by atomic mass is 10.1. The lowest BCUT2D eigenvalue weighted by molar-refractivity contribution is 0.585. The third-order valence-electron chi connectivity index (χ3n) is 1.96. The van der Waals surface area contributed by atoms with Gasteiger partial charge in [-0.05, 0) is 0 Å². The maximum Gasteiger partial charge on any atom is -0.0533 e. The first-order valence-electron chi connectivity index (χ1n) is 4.91. The molecule has 0 fully saturated rings. The van der Waals surface area contributed by atoms with Crippen molar-refractivity contribution in [1.82, 2.24) is 0 Å². The van der Waals surface area contributed by atoms with Gasteiger partial charge in [-0.1, -0.05) is 65.2 Å². The largest absolute Gasteiger partial charge is 0.153 e. The van der Waals surface area contributed by atoms with E-state index in [2.05, 4.69) is 13.8 Å². The summed E-state index contributed by atoms with van der Waals surface area (Å²) < 4.78 is 0. The second kappa shape index (κ2) is 13.1. The topological polar surface area (TPSA) is 0 Å². The van der Waals surface area contributed by atoms with E-state index in [0.717, 1.165) is 0 Å². The van der Waals surface area contributed by atoms with Crippen molar-refractivity contribution in [3.8, 4) is 0 Å². The molecule has 0 aromatic carbocycles. The lowest BCUT2D eigenvalue weighted by Gasteiger charge is -1.97. The van der Waals surface area contributed by atoms with Crippen molar-refractivity contribution in [3.63, 3.8) is 0 Å². The fourth-order valence-electron chi connectivity index (χ4n) is 1.21. The summed E-state index contributed by atoms with van der Waals surface area (Å²) in [6, 6.07) is 0. The van der Waals surface area contributed by atoms with Gasteiger partial charge in [0.15, 0.2) is 0 Å². The molecule has 0 bridgehead atoms. The Hall–Kier alpha value is 0.430. The summed E-state index contributed by atoms with van der Waals surface area (Å²) in [5.74, 6) is 0. The third-order valence-corrected chi connectivity index (χ3v) is 1.96. The molecule has 0 spiro atoms. The number of unbranched alkanes of at least 4 members (excludes halogenated alkanes) is 7. The molecule has 0 rings (SSSR count). The van der Waals surface area contributed by atoms with Crippen LogP contribution in [-0.4, -0.2) is 0 Å². The van der Waals surface area contributed by atoms with E-state index in [0.29, 0.717) is 0 Å². The minimum Gasteiger partial charge on any atom is -0.153 e. The Kier molecular flexibility index (Phi) is 16.6. The van der Waals surface area contributed by atoms with Crippen LogP contribution in [0.15, 0.2) is 0 Å². The molecule has 0 aromatic heterocycles. The van der Waals surface area contributed by atoms with Gasteiger partial charge in [0.1, 0.15) is 0 Å². The summed E-state index contributed by atoms with van der Waals surface area (Å²) in [7, 11) is 0. The van der Waals surface area contributed by atoms with E-state index in [-0.39, 0.29) is 9.90 Å². The van der Waals surface area contributed by atoms with Crippen LogP contribution in [0.3, 0.4) is 0 Å². The molecule has 1 heteroatoms. The van der Waals surface area contributed by atoms with Crippen LogP contribution in [0, 0.1) is 0 Å². The van der Waals surface area contributed by atoms with Crippen LogP contribution in [0.1, 0.15) is 65.2 Å². The quantitative estimate of drug-likeness (QED) is 0.403. The first-order chi connectivity index (χ1) is 4.91.